The summed E-state index contributed by atoms with van der Waals surface area (Å²) in [7, 11) is 3.79. The van der Waals surface area contributed by atoms with E-state index in [1.54, 1.807) is 12.7 Å². The van der Waals surface area contributed by atoms with Crippen molar-refractivity contribution in [2.45, 2.75) is 44.8 Å². The quantitative estimate of drug-likeness (QED) is 0.426. The molecule has 30 heavy (non-hydrogen) atoms. The monoisotopic (exact) mass is 417 g/mol. The summed E-state index contributed by atoms with van der Waals surface area (Å²) in [6.45, 7) is 6.81. The first kappa shape index (κ1) is 23.1. The van der Waals surface area contributed by atoms with E-state index in [0.29, 0.717) is 18.0 Å². The van der Waals surface area contributed by atoms with Gasteiger partial charge >= 0.3 is 0 Å². The molecule has 1 aliphatic heterocycles. The molecule has 2 aliphatic rings. The van der Waals surface area contributed by atoms with Gasteiger partial charge in [0.15, 0.2) is 11.5 Å². The third-order valence-electron chi connectivity index (χ3n) is 6.06. The fourth-order valence-electron chi connectivity index (χ4n) is 4.12. The predicted octanol–water partition coefficient (Wildman–Crippen LogP) is 2.66. The Bertz CT molecular complexity index is 672. The summed E-state index contributed by atoms with van der Waals surface area (Å²) in [6, 6.07) is 6.04. The summed E-state index contributed by atoms with van der Waals surface area (Å²) in [5, 5.41) is 14.0. The topological polar surface area (TPSA) is 57.2 Å². The van der Waals surface area contributed by atoms with E-state index in [1.807, 2.05) is 12.1 Å². The van der Waals surface area contributed by atoms with Crippen LogP contribution in [-0.2, 0) is 6.54 Å². The highest BCUT2D eigenvalue weighted by Gasteiger charge is 2.18. The Morgan fingerprint density at radius 3 is 2.70 bits per heavy atom. The molecule has 1 aromatic carbocycles. The Hall–Kier alpha value is -1.60. The van der Waals surface area contributed by atoms with Crippen LogP contribution in [0, 0.1) is 0 Å². The van der Waals surface area contributed by atoms with Gasteiger partial charge in [0.1, 0.15) is 12.7 Å². The van der Waals surface area contributed by atoms with Gasteiger partial charge in [-0.2, -0.15) is 0 Å². The summed E-state index contributed by atoms with van der Waals surface area (Å²) in [5.41, 5.74) is 2.76. The van der Waals surface area contributed by atoms with Gasteiger partial charge in [0.2, 0.25) is 0 Å². The molecule has 0 aromatic heterocycles. The molecule has 0 radical (unpaired) electrons. The molecule has 0 spiro atoms. The van der Waals surface area contributed by atoms with Gasteiger partial charge in [-0.15, -0.1) is 0 Å². The maximum absolute atomic E-state index is 10.4. The van der Waals surface area contributed by atoms with E-state index in [0.717, 1.165) is 51.3 Å². The molecule has 6 heteroatoms. The standard InChI is InChI=1S/C24H39N3O3/c1-26-12-14-27(15-13-26)18-22(28)19-30-24-16-21(8-9-23(24)29-2)17-25-11-10-20-6-4-3-5-7-20/h6,8-9,16,22,25,28H,3-5,7,10-15,17-19H2,1-2H3. The number of β-amino-alcohol motifs (C(OH)–C–C–N with tert-alkyl or cyclic N) is 1. The summed E-state index contributed by atoms with van der Waals surface area (Å²) >= 11 is 0. The van der Waals surface area contributed by atoms with Gasteiger partial charge in [0.25, 0.3) is 0 Å². The SMILES string of the molecule is COc1ccc(CNCCC2=CCCCC2)cc1OCC(O)CN1CCN(C)CC1. The first-order valence-electron chi connectivity index (χ1n) is 11.4. The average Bonchev–Trinajstić information content (AvgIpc) is 2.77. The van der Waals surface area contributed by atoms with Crippen LogP contribution in [0.15, 0.2) is 29.8 Å². The van der Waals surface area contributed by atoms with Crippen LogP contribution in [0.25, 0.3) is 0 Å². The van der Waals surface area contributed by atoms with Crippen LogP contribution in [0.4, 0.5) is 0 Å². The van der Waals surface area contributed by atoms with Gasteiger partial charge in [0, 0.05) is 39.3 Å². The lowest BCUT2D eigenvalue weighted by atomic mass is 9.97. The van der Waals surface area contributed by atoms with Crippen LogP contribution in [0.2, 0.25) is 0 Å². The number of aliphatic hydroxyl groups excluding tert-OH is 1. The van der Waals surface area contributed by atoms with Crippen LogP contribution in [-0.4, -0.2) is 81.0 Å². The summed E-state index contributed by atoms with van der Waals surface area (Å²) in [6.07, 6.45) is 8.23. The van der Waals surface area contributed by atoms with Crippen LogP contribution < -0.4 is 14.8 Å². The largest absolute Gasteiger partial charge is 0.493 e. The Morgan fingerprint density at radius 2 is 1.97 bits per heavy atom. The van der Waals surface area contributed by atoms with Gasteiger partial charge in [-0.05, 0) is 63.4 Å². The van der Waals surface area contributed by atoms with Crippen LogP contribution in [0.3, 0.4) is 0 Å². The number of hydrogen-bond donors (Lipinski definition) is 2. The molecular formula is C24H39N3O3. The van der Waals surface area contributed by atoms with Gasteiger partial charge < -0.3 is 24.8 Å². The lowest BCUT2D eigenvalue weighted by Gasteiger charge is -2.33. The van der Waals surface area contributed by atoms with E-state index in [9.17, 15) is 5.11 Å². The molecule has 0 saturated carbocycles. The normalized spacial score (nSPS) is 19.4. The first-order valence-corrected chi connectivity index (χ1v) is 11.4. The van der Waals surface area contributed by atoms with Gasteiger partial charge in [-0.3, -0.25) is 4.90 Å². The molecule has 1 aromatic rings. The minimum absolute atomic E-state index is 0.272. The van der Waals surface area contributed by atoms with Crippen LogP contribution in [0.5, 0.6) is 11.5 Å². The molecule has 1 aliphatic carbocycles. The predicted molar refractivity (Wildman–Crippen MR) is 121 cm³/mol. The molecular weight excluding hydrogens is 378 g/mol. The van der Waals surface area contributed by atoms with Crippen molar-refractivity contribution in [3.05, 3.63) is 35.4 Å². The Balaban J connectivity index is 1.43. The molecule has 2 N–H and O–H groups in total. The highest BCUT2D eigenvalue weighted by Crippen LogP contribution is 2.28. The van der Waals surface area contributed by atoms with Gasteiger partial charge in [0.05, 0.1) is 7.11 Å². The fraction of sp³-hybridized carbons (Fsp3) is 0.667. The molecule has 1 fully saturated rings. The number of aliphatic hydroxyl groups is 1. The zero-order chi connectivity index (χ0) is 21.2. The van der Waals surface area contributed by atoms with Crippen molar-refractivity contribution >= 4 is 0 Å². The number of piperazine rings is 1. The van der Waals surface area contributed by atoms with Crippen molar-refractivity contribution in [2.24, 2.45) is 0 Å². The summed E-state index contributed by atoms with van der Waals surface area (Å²) in [5.74, 6) is 1.40. The number of rotatable bonds is 11. The number of allylic oxidation sites excluding steroid dienone is 1. The minimum atomic E-state index is -0.510. The lowest BCUT2D eigenvalue weighted by Crippen LogP contribution is -2.47. The molecule has 6 nitrogen and oxygen atoms in total. The maximum Gasteiger partial charge on any atom is 0.161 e. The zero-order valence-electron chi connectivity index (χ0n) is 18.7. The number of likely N-dealkylation sites (N-methyl/N-ethyl adjacent to an activating group) is 1. The van der Waals surface area contributed by atoms with E-state index < -0.39 is 6.10 Å². The summed E-state index contributed by atoms with van der Waals surface area (Å²) in [4.78, 5) is 4.61. The van der Waals surface area contributed by atoms with Crippen molar-refractivity contribution < 1.29 is 14.6 Å². The third-order valence-corrected chi connectivity index (χ3v) is 6.06. The zero-order valence-corrected chi connectivity index (χ0v) is 18.7. The average molecular weight is 418 g/mol. The smallest absolute Gasteiger partial charge is 0.161 e. The number of nitrogens with zero attached hydrogens (tertiary/aromatic N) is 2. The molecule has 0 amide bonds. The van der Waals surface area contributed by atoms with Crippen molar-refractivity contribution in [3.63, 3.8) is 0 Å². The van der Waals surface area contributed by atoms with Crippen molar-refractivity contribution in [2.75, 3.05) is 60.0 Å². The van der Waals surface area contributed by atoms with Crippen molar-refractivity contribution in [1.29, 1.82) is 0 Å². The second kappa shape index (κ2) is 12.3. The first-order chi connectivity index (χ1) is 14.6. The number of nitrogens with one attached hydrogen (secondary N) is 1. The minimum Gasteiger partial charge on any atom is -0.493 e. The highest BCUT2D eigenvalue weighted by atomic mass is 16.5. The molecule has 1 saturated heterocycles. The number of methoxy groups -OCH3 is 1. The van der Waals surface area contributed by atoms with E-state index in [-0.39, 0.29) is 6.61 Å². The van der Waals surface area contributed by atoms with Crippen molar-refractivity contribution in [1.82, 2.24) is 15.1 Å². The molecule has 1 atom stereocenters. The second-order valence-electron chi connectivity index (χ2n) is 8.59. The third kappa shape index (κ3) is 7.58. The molecule has 168 valence electrons. The molecule has 1 unspecified atom stereocenters. The Kier molecular flexibility index (Phi) is 9.46. The maximum atomic E-state index is 10.4. The molecule has 3 rings (SSSR count). The lowest BCUT2D eigenvalue weighted by molar-refractivity contribution is 0.0498. The Morgan fingerprint density at radius 1 is 1.13 bits per heavy atom. The molecule has 0 bridgehead atoms. The second-order valence-corrected chi connectivity index (χ2v) is 8.59. The molecule has 1 heterocycles. The number of hydrogen-bond acceptors (Lipinski definition) is 6. The summed E-state index contributed by atoms with van der Waals surface area (Å²) < 4.78 is 11.4. The van der Waals surface area contributed by atoms with Crippen LogP contribution >= 0.6 is 0 Å². The van der Waals surface area contributed by atoms with E-state index in [1.165, 1.54) is 25.7 Å². The van der Waals surface area contributed by atoms with Crippen LogP contribution in [0.1, 0.15) is 37.7 Å². The van der Waals surface area contributed by atoms with E-state index in [4.69, 9.17) is 9.47 Å². The van der Waals surface area contributed by atoms with E-state index >= 15 is 0 Å². The van der Waals surface area contributed by atoms with E-state index in [2.05, 4.69) is 34.3 Å². The Labute approximate surface area is 181 Å². The van der Waals surface area contributed by atoms with Gasteiger partial charge in [-0.25, -0.2) is 0 Å². The number of benzene rings is 1. The number of ether oxygens (including phenoxy) is 2. The van der Waals surface area contributed by atoms with Gasteiger partial charge in [-0.1, -0.05) is 17.7 Å². The highest BCUT2D eigenvalue weighted by molar-refractivity contribution is 5.43. The van der Waals surface area contributed by atoms with Crippen molar-refractivity contribution in [3.8, 4) is 11.5 Å². The fourth-order valence-corrected chi connectivity index (χ4v) is 4.12.